The Balaban J connectivity index is 2.14. The van der Waals surface area contributed by atoms with E-state index >= 15 is 0 Å². The number of rotatable bonds is 3. The molecule has 1 aliphatic rings. The van der Waals surface area contributed by atoms with E-state index in [9.17, 15) is 5.11 Å². The summed E-state index contributed by atoms with van der Waals surface area (Å²) >= 11 is 0. The van der Waals surface area contributed by atoms with E-state index in [0.717, 1.165) is 12.2 Å². The molecule has 0 saturated carbocycles. The number of hydrogen-bond donors (Lipinski definition) is 1. The standard InChI is InChI=1S/C13H19NO2/c1-10-9-16-13(14(10)8-11(2)15)12-6-4-3-5-7-12/h3-7,10-11,13,15H,8-9H2,1-2H3. The predicted octanol–water partition coefficient (Wildman–Crippen LogP) is 1.79. The maximum atomic E-state index is 9.50. The highest BCUT2D eigenvalue weighted by Gasteiger charge is 2.32. The number of hydrogen-bond acceptors (Lipinski definition) is 3. The van der Waals surface area contributed by atoms with Gasteiger partial charge >= 0.3 is 0 Å². The topological polar surface area (TPSA) is 32.7 Å². The third kappa shape index (κ3) is 2.43. The molecule has 0 aliphatic carbocycles. The van der Waals surface area contributed by atoms with Crippen LogP contribution in [0.15, 0.2) is 30.3 Å². The van der Waals surface area contributed by atoms with E-state index in [0.29, 0.717) is 12.6 Å². The van der Waals surface area contributed by atoms with E-state index in [-0.39, 0.29) is 12.3 Å². The van der Waals surface area contributed by atoms with E-state index in [4.69, 9.17) is 4.74 Å². The van der Waals surface area contributed by atoms with E-state index in [1.165, 1.54) is 0 Å². The molecule has 88 valence electrons. The molecule has 3 nitrogen and oxygen atoms in total. The van der Waals surface area contributed by atoms with E-state index in [1.54, 1.807) is 0 Å². The van der Waals surface area contributed by atoms with Gasteiger partial charge in [-0.2, -0.15) is 0 Å². The van der Waals surface area contributed by atoms with Gasteiger partial charge in [-0.25, -0.2) is 0 Å². The Labute approximate surface area is 96.6 Å². The average Bonchev–Trinajstić information content (AvgIpc) is 2.61. The van der Waals surface area contributed by atoms with E-state index in [2.05, 4.69) is 24.0 Å². The number of β-amino-alcohol motifs (C(OH)–C–C–N with tert-alkyl or cyclic N) is 1. The van der Waals surface area contributed by atoms with Gasteiger partial charge in [0.1, 0.15) is 6.23 Å². The Kier molecular flexibility index (Phi) is 3.59. The van der Waals surface area contributed by atoms with Crippen LogP contribution in [0, 0.1) is 0 Å². The molecule has 1 aliphatic heterocycles. The molecule has 3 unspecified atom stereocenters. The Morgan fingerprint density at radius 1 is 1.44 bits per heavy atom. The molecule has 0 amide bonds. The molecule has 1 saturated heterocycles. The van der Waals surface area contributed by atoms with Crippen LogP contribution in [0.1, 0.15) is 25.6 Å². The first kappa shape index (κ1) is 11.6. The van der Waals surface area contributed by atoms with Crippen molar-refractivity contribution in [3.63, 3.8) is 0 Å². The maximum Gasteiger partial charge on any atom is 0.137 e. The van der Waals surface area contributed by atoms with Gasteiger partial charge in [0.15, 0.2) is 0 Å². The Morgan fingerprint density at radius 3 is 2.75 bits per heavy atom. The molecule has 3 heteroatoms. The Morgan fingerprint density at radius 2 is 2.12 bits per heavy atom. The monoisotopic (exact) mass is 221 g/mol. The summed E-state index contributed by atoms with van der Waals surface area (Å²) in [6.07, 6.45) is -0.332. The number of benzene rings is 1. The van der Waals surface area contributed by atoms with Crippen LogP contribution in [0.3, 0.4) is 0 Å². The van der Waals surface area contributed by atoms with Gasteiger partial charge in [0, 0.05) is 12.6 Å². The summed E-state index contributed by atoms with van der Waals surface area (Å²) < 4.78 is 5.78. The highest BCUT2D eigenvalue weighted by atomic mass is 16.5. The number of aliphatic hydroxyl groups is 1. The van der Waals surface area contributed by atoms with Crippen molar-refractivity contribution in [3.05, 3.63) is 35.9 Å². The molecule has 1 aromatic rings. The molecule has 3 atom stereocenters. The van der Waals surface area contributed by atoms with Gasteiger partial charge in [0.2, 0.25) is 0 Å². The van der Waals surface area contributed by atoms with Gasteiger partial charge < -0.3 is 9.84 Å². The second-order valence-electron chi connectivity index (χ2n) is 4.49. The molecule has 0 bridgehead atoms. The molecule has 1 aromatic carbocycles. The van der Waals surface area contributed by atoms with Crippen LogP contribution in [-0.4, -0.2) is 35.3 Å². The fourth-order valence-electron chi connectivity index (χ4n) is 2.14. The van der Waals surface area contributed by atoms with E-state index < -0.39 is 0 Å². The highest BCUT2D eigenvalue weighted by molar-refractivity contribution is 5.18. The summed E-state index contributed by atoms with van der Waals surface area (Å²) in [7, 11) is 0. The van der Waals surface area contributed by atoms with Crippen LogP contribution in [0.4, 0.5) is 0 Å². The van der Waals surface area contributed by atoms with Gasteiger partial charge in [-0.15, -0.1) is 0 Å². The summed E-state index contributed by atoms with van der Waals surface area (Å²) in [6, 6.07) is 10.5. The predicted molar refractivity (Wildman–Crippen MR) is 63.0 cm³/mol. The quantitative estimate of drug-likeness (QED) is 0.844. The minimum absolute atomic E-state index is 0.00852. The lowest BCUT2D eigenvalue weighted by Gasteiger charge is -2.27. The zero-order valence-corrected chi connectivity index (χ0v) is 9.84. The van der Waals surface area contributed by atoms with Gasteiger partial charge in [0.05, 0.1) is 12.7 Å². The van der Waals surface area contributed by atoms with Crippen molar-refractivity contribution in [3.8, 4) is 0 Å². The fourth-order valence-corrected chi connectivity index (χ4v) is 2.14. The second-order valence-corrected chi connectivity index (χ2v) is 4.49. The minimum Gasteiger partial charge on any atom is -0.392 e. The smallest absolute Gasteiger partial charge is 0.137 e. The molecule has 2 rings (SSSR count). The fraction of sp³-hybridized carbons (Fsp3) is 0.538. The van der Waals surface area contributed by atoms with Crippen LogP contribution in [0.5, 0.6) is 0 Å². The van der Waals surface area contributed by atoms with Crippen molar-refractivity contribution in [1.82, 2.24) is 4.90 Å². The molecule has 0 radical (unpaired) electrons. The summed E-state index contributed by atoms with van der Waals surface area (Å²) in [6.45, 7) is 5.32. The molecule has 0 aromatic heterocycles. The van der Waals surface area contributed by atoms with Crippen molar-refractivity contribution in [2.24, 2.45) is 0 Å². The van der Waals surface area contributed by atoms with Crippen molar-refractivity contribution in [2.75, 3.05) is 13.2 Å². The first-order valence-electron chi connectivity index (χ1n) is 5.79. The van der Waals surface area contributed by atoms with Gasteiger partial charge in [-0.1, -0.05) is 30.3 Å². The Bertz CT molecular complexity index is 326. The zero-order chi connectivity index (χ0) is 11.5. The molecule has 1 heterocycles. The van der Waals surface area contributed by atoms with Crippen molar-refractivity contribution in [2.45, 2.75) is 32.2 Å². The first-order chi connectivity index (χ1) is 7.68. The van der Waals surface area contributed by atoms with Crippen LogP contribution in [0.25, 0.3) is 0 Å². The first-order valence-corrected chi connectivity index (χ1v) is 5.79. The van der Waals surface area contributed by atoms with Crippen molar-refractivity contribution >= 4 is 0 Å². The molecular formula is C13H19NO2. The molecule has 1 N–H and O–H groups in total. The number of ether oxygens (including phenoxy) is 1. The molecule has 0 spiro atoms. The Hall–Kier alpha value is -0.900. The third-order valence-corrected chi connectivity index (χ3v) is 2.92. The lowest BCUT2D eigenvalue weighted by molar-refractivity contribution is 0.00800. The van der Waals surface area contributed by atoms with Gasteiger partial charge in [-0.3, -0.25) is 4.90 Å². The number of aliphatic hydroxyl groups excluding tert-OH is 1. The second kappa shape index (κ2) is 4.95. The van der Waals surface area contributed by atoms with Gasteiger partial charge in [0.25, 0.3) is 0 Å². The largest absolute Gasteiger partial charge is 0.392 e. The van der Waals surface area contributed by atoms with E-state index in [1.807, 2.05) is 25.1 Å². The average molecular weight is 221 g/mol. The molecule has 1 fully saturated rings. The van der Waals surface area contributed by atoms with Crippen molar-refractivity contribution < 1.29 is 9.84 Å². The summed E-state index contributed by atoms with van der Waals surface area (Å²) in [5.41, 5.74) is 1.16. The van der Waals surface area contributed by atoms with Crippen LogP contribution >= 0.6 is 0 Å². The third-order valence-electron chi connectivity index (χ3n) is 2.92. The van der Waals surface area contributed by atoms with Crippen LogP contribution in [-0.2, 0) is 4.74 Å². The van der Waals surface area contributed by atoms with Crippen molar-refractivity contribution in [1.29, 1.82) is 0 Å². The maximum absolute atomic E-state index is 9.50. The molecular weight excluding hydrogens is 202 g/mol. The minimum atomic E-state index is -0.324. The normalized spacial score (nSPS) is 28.2. The van der Waals surface area contributed by atoms with Gasteiger partial charge in [-0.05, 0) is 19.4 Å². The van der Waals surface area contributed by atoms with Crippen LogP contribution < -0.4 is 0 Å². The SMILES string of the molecule is CC(O)CN1C(C)COC1c1ccccc1. The summed E-state index contributed by atoms with van der Waals surface area (Å²) in [5.74, 6) is 0. The lowest BCUT2D eigenvalue weighted by atomic mass is 10.1. The highest BCUT2D eigenvalue weighted by Crippen LogP contribution is 2.30. The number of nitrogens with zero attached hydrogens (tertiary/aromatic N) is 1. The van der Waals surface area contributed by atoms with Crippen LogP contribution in [0.2, 0.25) is 0 Å². The molecule has 16 heavy (non-hydrogen) atoms. The zero-order valence-electron chi connectivity index (χ0n) is 9.84. The lowest BCUT2D eigenvalue weighted by Crippen LogP contribution is -2.36. The summed E-state index contributed by atoms with van der Waals surface area (Å²) in [5, 5.41) is 9.50. The summed E-state index contributed by atoms with van der Waals surface area (Å²) in [4.78, 5) is 2.21.